The first-order valence-corrected chi connectivity index (χ1v) is 8.59. The third-order valence-corrected chi connectivity index (χ3v) is 4.63. The Hall–Kier alpha value is -1.96. The number of aromatic nitrogens is 1. The number of hydrogen-bond donors (Lipinski definition) is 2. The summed E-state index contributed by atoms with van der Waals surface area (Å²) in [5.41, 5.74) is 1.48. The third kappa shape index (κ3) is 3.58. The van der Waals surface area contributed by atoms with Gasteiger partial charge in [0.05, 0.1) is 5.02 Å². The van der Waals surface area contributed by atoms with Crippen molar-refractivity contribution in [2.75, 3.05) is 0 Å². The second-order valence-corrected chi connectivity index (χ2v) is 7.00. The van der Waals surface area contributed by atoms with Crippen LogP contribution in [0.5, 0.6) is 5.75 Å². The first kappa shape index (κ1) is 16.9. The quantitative estimate of drug-likeness (QED) is 0.442. The van der Waals surface area contributed by atoms with Crippen molar-refractivity contribution in [3.8, 4) is 5.75 Å². The highest BCUT2D eigenvalue weighted by molar-refractivity contribution is 9.10. The van der Waals surface area contributed by atoms with Crippen molar-refractivity contribution >= 4 is 62.4 Å². The number of fused-ring (bicyclic) bond motifs is 1. The van der Waals surface area contributed by atoms with E-state index in [0.717, 1.165) is 11.8 Å². The van der Waals surface area contributed by atoms with Crippen molar-refractivity contribution in [1.82, 2.24) is 4.98 Å². The van der Waals surface area contributed by atoms with E-state index in [1.165, 1.54) is 12.1 Å². The molecule has 2 N–H and O–H groups in total. The lowest BCUT2D eigenvalue weighted by atomic mass is 10.2. The molecule has 3 aromatic rings. The minimum atomic E-state index is -1.17. The fourth-order valence-electron chi connectivity index (χ4n) is 1.96. The summed E-state index contributed by atoms with van der Waals surface area (Å²) in [4.78, 5) is 15.7. The average Bonchev–Trinajstić information content (AvgIpc) is 2.93. The number of phenols is 1. The number of hydrogen-bond acceptors (Lipinski definition) is 5. The number of carboxylic acids is 1. The van der Waals surface area contributed by atoms with Gasteiger partial charge in [-0.05, 0) is 42.1 Å². The number of aliphatic carboxylic acids is 1. The number of nitrogens with zero attached hydrogens (tertiary/aromatic N) is 1. The zero-order valence-electron chi connectivity index (χ0n) is 11.9. The van der Waals surface area contributed by atoms with Crippen molar-refractivity contribution in [1.29, 1.82) is 0 Å². The van der Waals surface area contributed by atoms with E-state index in [0.29, 0.717) is 15.6 Å². The van der Waals surface area contributed by atoms with Crippen LogP contribution < -0.4 is 0 Å². The molecule has 0 atom stereocenters. The Morgan fingerprint density at radius 1 is 1.33 bits per heavy atom. The van der Waals surface area contributed by atoms with Gasteiger partial charge in [0.1, 0.15) is 16.2 Å². The number of carboxylic acid groups (broad SMARTS) is 1. The predicted octanol–water partition coefficient (Wildman–Crippen LogP) is 5.17. The summed E-state index contributed by atoms with van der Waals surface area (Å²) in [6, 6.07) is 10.2. The average molecular weight is 427 g/mol. The van der Waals surface area contributed by atoms with Gasteiger partial charge in [-0.25, -0.2) is 9.78 Å². The molecule has 0 unspecified atom stereocenters. The van der Waals surface area contributed by atoms with Gasteiger partial charge in [0.2, 0.25) is 0 Å². The molecule has 0 aliphatic rings. The van der Waals surface area contributed by atoms with E-state index in [9.17, 15) is 15.0 Å². The Morgan fingerprint density at radius 3 is 2.79 bits per heavy atom. The van der Waals surface area contributed by atoms with Crippen molar-refractivity contribution in [2.45, 2.75) is 5.22 Å². The molecular weight excluding hydrogens is 418 g/mol. The summed E-state index contributed by atoms with van der Waals surface area (Å²) in [5, 5.41) is 19.7. The van der Waals surface area contributed by atoms with Crippen molar-refractivity contribution in [2.24, 2.45) is 0 Å². The van der Waals surface area contributed by atoms with Crippen LogP contribution in [-0.2, 0) is 4.79 Å². The van der Waals surface area contributed by atoms with E-state index in [1.54, 1.807) is 24.3 Å². The number of aromatic hydroxyl groups is 1. The number of benzene rings is 2. The first-order chi connectivity index (χ1) is 11.4. The highest BCUT2D eigenvalue weighted by Crippen LogP contribution is 2.36. The number of para-hydroxylation sites is 2. The first-order valence-electron chi connectivity index (χ1n) is 6.60. The predicted molar refractivity (Wildman–Crippen MR) is 96.3 cm³/mol. The van der Waals surface area contributed by atoms with E-state index in [1.807, 2.05) is 6.07 Å². The molecule has 2 aromatic carbocycles. The van der Waals surface area contributed by atoms with Crippen LogP contribution in [0, 0.1) is 0 Å². The second-order valence-electron chi connectivity index (χ2n) is 4.69. The zero-order valence-corrected chi connectivity index (χ0v) is 15.0. The van der Waals surface area contributed by atoms with Crippen LogP contribution in [0.25, 0.3) is 17.2 Å². The molecule has 3 rings (SSSR count). The molecule has 0 fully saturated rings. The van der Waals surface area contributed by atoms with Crippen LogP contribution in [0.2, 0.25) is 5.02 Å². The molecule has 5 nitrogen and oxygen atoms in total. The maximum atomic E-state index is 11.5. The summed E-state index contributed by atoms with van der Waals surface area (Å²) in [6.07, 6.45) is 1.31. The molecular formula is C16H9BrClNO4S. The lowest BCUT2D eigenvalue weighted by molar-refractivity contribution is -0.131. The van der Waals surface area contributed by atoms with Crippen molar-refractivity contribution < 1.29 is 19.4 Å². The molecule has 122 valence electrons. The van der Waals surface area contributed by atoms with Crippen LogP contribution in [-0.4, -0.2) is 21.2 Å². The molecule has 0 amide bonds. The fraction of sp³-hybridized carbons (Fsp3) is 0. The van der Waals surface area contributed by atoms with Gasteiger partial charge >= 0.3 is 5.97 Å². The van der Waals surface area contributed by atoms with Crippen molar-refractivity contribution in [3.05, 3.63) is 56.4 Å². The molecule has 0 aliphatic heterocycles. The Bertz CT molecular complexity index is 937. The van der Waals surface area contributed by atoms with Crippen LogP contribution >= 0.6 is 39.3 Å². The van der Waals surface area contributed by atoms with Gasteiger partial charge in [-0.15, -0.1) is 0 Å². The van der Waals surface area contributed by atoms with E-state index >= 15 is 0 Å². The van der Waals surface area contributed by atoms with Gasteiger partial charge in [0, 0.05) is 10.0 Å². The van der Waals surface area contributed by atoms with Gasteiger partial charge in [-0.1, -0.05) is 39.7 Å². The summed E-state index contributed by atoms with van der Waals surface area (Å²) < 4.78 is 6.13. The molecule has 0 bridgehead atoms. The van der Waals surface area contributed by atoms with Crippen LogP contribution in [0.4, 0.5) is 0 Å². The number of rotatable bonds is 4. The lowest BCUT2D eigenvalue weighted by Crippen LogP contribution is -1.97. The normalized spacial score (nSPS) is 11.8. The standard InChI is InChI=1S/C16H9BrClNO4S/c17-9-5-8(14(20)10(18)7-9)6-13(15(21)22)24-16-19-11-3-1-2-4-12(11)23-16/h1-7,20H,(H,21,22)/b13-6-. The molecule has 8 heteroatoms. The lowest BCUT2D eigenvalue weighted by Gasteiger charge is -2.05. The molecule has 0 aliphatic carbocycles. The largest absolute Gasteiger partial charge is 0.506 e. The number of thioether (sulfide) groups is 1. The summed E-state index contributed by atoms with van der Waals surface area (Å²) in [7, 11) is 0. The third-order valence-electron chi connectivity index (χ3n) is 3.03. The van der Waals surface area contributed by atoms with E-state index < -0.39 is 5.97 Å². The number of halogens is 2. The van der Waals surface area contributed by atoms with Gasteiger partial charge in [-0.3, -0.25) is 0 Å². The van der Waals surface area contributed by atoms with Gasteiger partial charge in [-0.2, -0.15) is 0 Å². The molecule has 24 heavy (non-hydrogen) atoms. The van der Waals surface area contributed by atoms with Crippen LogP contribution in [0.1, 0.15) is 5.56 Å². The van der Waals surface area contributed by atoms with E-state index in [2.05, 4.69) is 20.9 Å². The molecule has 1 aromatic heterocycles. The molecule has 1 heterocycles. The highest BCUT2D eigenvalue weighted by Gasteiger charge is 2.16. The van der Waals surface area contributed by atoms with E-state index in [-0.39, 0.29) is 26.5 Å². The summed E-state index contributed by atoms with van der Waals surface area (Å²) in [5.74, 6) is -1.37. The number of phenolic OH excluding ortho intramolecular Hbond substituents is 1. The number of oxazole rings is 1. The summed E-state index contributed by atoms with van der Waals surface area (Å²) >= 11 is 10.0. The SMILES string of the molecule is O=C(O)/C(=C/c1cc(Br)cc(Cl)c1O)Sc1nc2ccccc2o1. The maximum Gasteiger partial charge on any atom is 0.342 e. The molecule has 0 saturated heterocycles. The maximum absolute atomic E-state index is 11.5. The van der Waals surface area contributed by atoms with E-state index in [4.69, 9.17) is 16.0 Å². The molecule has 0 saturated carbocycles. The minimum absolute atomic E-state index is 0.0639. The van der Waals surface area contributed by atoms with Gasteiger partial charge in [0.25, 0.3) is 5.22 Å². The molecule has 0 radical (unpaired) electrons. The zero-order chi connectivity index (χ0) is 17.3. The summed E-state index contributed by atoms with van der Waals surface area (Å²) in [6.45, 7) is 0. The molecule has 0 spiro atoms. The fourth-order valence-corrected chi connectivity index (χ4v) is 3.53. The smallest absolute Gasteiger partial charge is 0.342 e. The second kappa shape index (κ2) is 6.88. The highest BCUT2D eigenvalue weighted by atomic mass is 79.9. The van der Waals surface area contributed by atoms with Crippen LogP contribution in [0.3, 0.4) is 0 Å². The topological polar surface area (TPSA) is 83.6 Å². The minimum Gasteiger partial charge on any atom is -0.506 e. The van der Waals surface area contributed by atoms with Gasteiger partial charge in [0.15, 0.2) is 5.58 Å². The van der Waals surface area contributed by atoms with Gasteiger partial charge < -0.3 is 14.6 Å². The van der Waals surface area contributed by atoms with Crippen molar-refractivity contribution in [3.63, 3.8) is 0 Å². The Balaban J connectivity index is 1.99. The Kier molecular flexibility index (Phi) is 4.84. The Labute approximate surface area is 154 Å². The van der Waals surface area contributed by atoms with Crippen LogP contribution in [0.15, 0.2) is 55.4 Å². The Morgan fingerprint density at radius 2 is 2.08 bits per heavy atom. The number of carbonyl (C=O) groups is 1. The monoisotopic (exact) mass is 425 g/mol.